The van der Waals surface area contributed by atoms with E-state index in [2.05, 4.69) is 99.2 Å². The molecule has 23 heavy (non-hydrogen) atoms. The number of hydrogen-bond acceptors (Lipinski definition) is 2. The Labute approximate surface area is 144 Å². The van der Waals surface area contributed by atoms with Crippen LogP contribution in [0.5, 0.6) is 0 Å². The Morgan fingerprint density at radius 3 is 2.00 bits per heavy atom. The van der Waals surface area contributed by atoms with E-state index in [1.165, 1.54) is 33.5 Å². The number of anilines is 1. The van der Waals surface area contributed by atoms with Crippen LogP contribution < -0.4 is 4.90 Å². The summed E-state index contributed by atoms with van der Waals surface area (Å²) in [4.78, 5) is 3.14. The van der Waals surface area contributed by atoms with Gasteiger partial charge in [0.15, 0.2) is 0 Å². The topological polar surface area (TPSA) is 3.24 Å². The summed E-state index contributed by atoms with van der Waals surface area (Å²) < 4.78 is 0. The molecule has 0 aliphatic rings. The lowest BCUT2D eigenvalue weighted by atomic mass is 9.95. The summed E-state index contributed by atoms with van der Waals surface area (Å²) in [5.74, 6) is 0. The second-order valence-electron chi connectivity index (χ2n) is 5.98. The van der Waals surface area contributed by atoms with Crippen LogP contribution in [0.1, 0.15) is 5.56 Å². The SMILES string of the molecule is Cc1c(S)cc(-c2ccccc2)cc1-c1ccc(N(C)C)cc1. The Morgan fingerprint density at radius 2 is 1.39 bits per heavy atom. The second kappa shape index (κ2) is 6.51. The Morgan fingerprint density at radius 1 is 0.739 bits per heavy atom. The monoisotopic (exact) mass is 319 g/mol. The van der Waals surface area contributed by atoms with Crippen LogP contribution in [0.3, 0.4) is 0 Å². The molecule has 0 heterocycles. The van der Waals surface area contributed by atoms with Gasteiger partial charge in [-0.2, -0.15) is 0 Å². The summed E-state index contributed by atoms with van der Waals surface area (Å²) in [6.45, 7) is 2.13. The molecule has 0 aliphatic heterocycles. The van der Waals surface area contributed by atoms with E-state index < -0.39 is 0 Å². The lowest BCUT2D eigenvalue weighted by molar-refractivity contribution is 1.13. The number of benzene rings is 3. The maximum atomic E-state index is 4.68. The van der Waals surface area contributed by atoms with E-state index in [0.29, 0.717) is 0 Å². The van der Waals surface area contributed by atoms with Crippen molar-refractivity contribution in [1.29, 1.82) is 0 Å². The molecule has 0 aromatic heterocycles. The summed E-state index contributed by atoms with van der Waals surface area (Å²) in [6.07, 6.45) is 0. The van der Waals surface area contributed by atoms with Crippen LogP contribution in [-0.2, 0) is 0 Å². The molecule has 1 nitrogen and oxygen atoms in total. The van der Waals surface area contributed by atoms with Crippen LogP contribution in [0.2, 0.25) is 0 Å². The molecule has 0 N–H and O–H groups in total. The second-order valence-corrected chi connectivity index (χ2v) is 6.46. The predicted octanol–water partition coefficient (Wildman–Crippen LogP) is 5.68. The van der Waals surface area contributed by atoms with E-state index in [4.69, 9.17) is 0 Å². The van der Waals surface area contributed by atoms with Crippen LogP contribution in [-0.4, -0.2) is 14.1 Å². The Kier molecular flexibility index (Phi) is 4.44. The highest BCUT2D eigenvalue weighted by molar-refractivity contribution is 7.80. The zero-order chi connectivity index (χ0) is 16.4. The number of rotatable bonds is 3. The van der Waals surface area contributed by atoms with Gasteiger partial charge < -0.3 is 4.90 Å². The van der Waals surface area contributed by atoms with Crippen LogP contribution in [0.15, 0.2) is 71.6 Å². The van der Waals surface area contributed by atoms with Gasteiger partial charge in [-0.15, -0.1) is 12.6 Å². The third-order valence-electron chi connectivity index (χ3n) is 4.18. The van der Waals surface area contributed by atoms with Crippen molar-refractivity contribution in [3.8, 4) is 22.3 Å². The molecule has 0 radical (unpaired) electrons. The maximum absolute atomic E-state index is 4.68. The highest BCUT2D eigenvalue weighted by Gasteiger charge is 2.09. The molecular weight excluding hydrogens is 298 g/mol. The highest BCUT2D eigenvalue weighted by atomic mass is 32.1. The Hall–Kier alpha value is -2.19. The van der Waals surface area contributed by atoms with Crippen molar-refractivity contribution in [2.45, 2.75) is 11.8 Å². The van der Waals surface area contributed by atoms with Crippen LogP contribution in [0.4, 0.5) is 5.69 Å². The fourth-order valence-corrected chi connectivity index (χ4v) is 2.99. The van der Waals surface area contributed by atoms with Crippen LogP contribution in [0.25, 0.3) is 22.3 Å². The third kappa shape index (κ3) is 3.27. The van der Waals surface area contributed by atoms with E-state index in [1.807, 2.05) is 6.07 Å². The van der Waals surface area contributed by atoms with Crippen molar-refractivity contribution in [1.82, 2.24) is 0 Å². The first-order valence-corrected chi connectivity index (χ1v) is 8.18. The molecule has 2 heteroatoms. The average molecular weight is 319 g/mol. The van der Waals surface area contributed by atoms with Gasteiger partial charge in [0, 0.05) is 24.7 Å². The summed E-state index contributed by atoms with van der Waals surface area (Å²) in [5.41, 5.74) is 7.30. The minimum atomic E-state index is 1.03. The van der Waals surface area contributed by atoms with Gasteiger partial charge in [0.05, 0.1) is 0 Å². The molecule has 0 saturated heterocycles. The molecule has 3 aromatic carbocycles. The first-order valence-electron chi connectivity index (χ1n) is 7.73. The maximum Gasteiger partial charge on any atom is 0.0361 e. The van der Waals surface area contributed by atoms with Crippen LogP contribution >= 0.6 is 12.6 Å². The van der Waals surface area contributed by atoms with Gasteiger partial charge in [0.25, 0.3) is 0 Å². The van der Waals surface area contributed by atoms with E-state index in [1.54, 1.807) is 0 Å². The van der Waals surface area contributed by atoms with Gasteiger partial charge in [-0.05, 0) is 59.0 Å². The van der Waals surface area contributed by atoms with E-state index in [9.17, 15) is 0 Å². The lowest BCUT2D eigenvalue weighted by Gasteiger charge is -2.15. The van der Waals surface area contributed by atoms with E-state index >= 15 is 0 Å². The molecule has 116 valence electrons. The van der Waals surface area contributed by atoms with Gasteiger partial charge in [-0.1, -0.05) is 42.5 Å². The van der Waals surface area contributed by atoms with Crippen molar-refractivity contribution in [3.05, 3.63) is 72.3 Å². The minimum absolute atomic E-state index is 1.03. The quantitative estimate of drug-likeness (QED) is 0.607. The number of hydrogen-bond donors (Lipinski definition) is 1. The largest absolute Gasteiger partial charge is 0.378 e. The summed E-state index contributed by atoms with van der Waals surface area (Å²) >= 11 is 4.68. The van der Waals surface area contributed by atoms with E-state index in [-0.39, 0.29) is 0 Å². The highest BCUT2D eigenvalue weighted by Crippen LogP contribution is 2.34. The fraction of sp³-hybridized carbons (Fsp3) is 0.143. The minimum Gasteiger partial charge on any atom is -0.378 e. The Bertz CT molecular complexity index is 805. The standard InChI is InChI=1S/C21H21NS/c1-15-20(17-9-11-19(12-10-17)22(2)3)13-18(14-21(15)23)16-7-5-4-6-8-16/h4-14,23H,1-3H3. The molecule has 0 aliphatic carbocycles. The molecule has 0 fully saturated rings. The van der Waals surface area contributed by atoms with Crippen molar-refractivity contribution < 1.29 is 0 Å². The average Bonchev–Trinajstić information content (AvgIpc) is 2.58. The Balaban J connectivity index is 2.10. The molecule has 0 saturated carbocycles. The predicted molar refractivity (Wildman–Crippen MR) is 104 cm³/mol. The van der Waals surface area contributed by atoms with Crippen molar-refractivity contribution in [3.63, 3.8) is 0 Å². The first-order chi connectivity index (χ1) is 11.1. The van der Waals surface area contributed by atoms with Gasteiger partial charge in [0.1, 0.15) is 0 Å². The van der Waals surface area contributed by atoms with Gasteiger partial charge in [-0.25, -0.2) is 0 Å². The molecule has 0 amide bonds. The number of nitrogens with zero attached hydrogens (tertiary/aromatic N) is 1. The normalized spacial score (nSPS) is 10.6. The molecular formula is C21H21NS. The number of thiol groups is 1. The molecule has 0 atom stereocenters. The van der Waals surface area contributed by atoms with Crippen LogP contribution in [0, 0.1) is 6.92 Å². The zero-order valence-electron chi connectivity index (χ0n) is 13.7. The molecule has 3 rings (SSSR count). The van der Waals surface area contributed by atoms with Gasteiger partial charge >= 0.3 is 0 Å². The van der Waals surface area contributed by atoms with Gasteiger partial charge in [0.2, 0.25) is 0 Å². The van der Waals surface area contributed by atoms with Crippen molar-refractivity contribution in [2.75, 3.05) is 19.0 Å². The molecule has 3 aromatic rings. The lowest BCUT2D eigenvalue weighted by Crippen LogP contribution is -2.07. The summed E-state index contributed by atoms with van der Waals surface area (Å²) in [6, 6.07) is 23.5. The first kappa shape index (κ1) is 15.7. The third-order valence-corrected chi connectivity index (χ3v) is 4.65. The summed E-state index contributed by atoms with van der Waals surface area (Å²) in [5, 5.41) is 0. The molecule has 0 unspecified atom stereocenters. The molecule has 0 spiro atoms. The molecule has 0 bridgehead atoms. The van der Waals surface area contributed by atoms with E-state index in [0.717, 1.165) is 4.90 Å². The van der Waals surface area contributed by atoms with Gasteiger partial charge in [-0.3, -0.25) is 0 Å². The van der Waals surface area contributed by atoms with Crippen molar-refractivity contribution in [2.24, 2.45) is 0 Å². The summed E-state index contributed by atoms with van der Waals surface area (Å²) in [7, 11) is 4.12. The smallest absolute Gasteiger partial charge is 0.0361 e. The van der Waals surface area contributed by atoms with Crippen molar-refractivity contribution >= 4 is 18.3 Å². The zero-order valence-corrected chi connectivity index (χ0v) is 14.6. The fourth-order valence-electron chi connectivity index (χ4n) is 2.74.